The van der Waals surface area contributed by atoms with Gasteiger partial charge in [-0.25, -0.2) is 4.79 Å². The number of hydrogen-bond acceptors (Lipinski definition) is 5. The van der Waals surface area contributed by atoms with E-state index in [2.05, 4.69) is 9.72 Å². The van der Waals surface area contributed by atoms with Gasteiger partial charge >= 0.3 is 5.97 Å². The van der Waals surface area contributed by atoms with Crippen LogP contribution in [0.5, 0.6) is 0 Å². The minimum Gasteiger partial charge on any atom is -0.465 e. The number of rotatable bonds is 3. The van der Waals surface area contributed by atoms with Crippen molar-refractivity contribution in [2.45, 2.75) is 20.8 Å². The molecule has 0 aliphatic heterocycles. The van der Waals surface area contributed by atoms with Gasteiger partial charge in [-0.15, -0.1) is 0 Å². The van der Waals surface area contributed by atoms with Crippen molar-refractivity contribution in [2.75, 3.05) is 7.11 Å². The van der Waals surface area contributed by atoms with E-state index in [1.807, 2.05) is 26.8 Å². The first-order valence-electron chi connectivity index (χ1n) is 6.82. The molecule has 0 N–H and O–H groups in total. The summed E-state index contributed by atoms with van der Waals surface area (Å²) in [5.41, 5.74) is 1.99. The highest BCUT2D eigenvalue weighted by Crippen LogP contribution is 2.25. The van der Waals surface area contributed by atoms with E-state index in [9.17, 15) is 14.9 Å². The monoisotopic (exact) mass is 302 g/mol. The van der Waals surface area contributed by atoms with Crippen molar-refractivity contribution < 1.29 is 14.5 Å². The van der Waals surface area contributed by atoms with Crippen LogP contribution in [0.1, 0.15) is 29.8 Å². The lowest BCUT2D eigenvalue weighted by molar-refractivity contribution is -0.384. The van der Waals surface area contributed by atoms with Crippen LogP contribution in [-0.4, -0.2) is 23.0 Å². The predicted molar refractivity (Wildman–Crippen MR) is 83.8 cm³/mol. The van der Waals surface area contributed by atoms with Gasteiger partial charge in [0.15, 0.2) is 0 Å². The Balaban J connectivity index is 0.00000116. The lowest BCUT2D eigenvalue weighted by Gasteiger charge is -2.05. The number of aryl methyl sites for hydroxylation is 1. The summed E-state index contributed by atoms with van der Waals surface area (Å²) in [5, 5.41) is 10.9. The average Bonchev–Trinajstić information content (AvgIpc) is 2.56. The van der Waals surface area contributed by atoms with Crippen LogP contribution in [0.4, 0.5) is 5.69 Å². The van der Waals surface area contributed by atoms with E-state index in [1.165, 1.54) is 25.3 Å². The summed E-state index contributed by atoms with van der Waals surface area (Å²) in [7, 11) is 1.23. The quantitative estimate of drug-likeness (QED) is 0.489. The van der Waals surface area contributed by atoms with Gasteiger partial charge in [-0.3, -0.25) is 15.1 Å². The molecule has 6 heteroatoms. The molecule has 116 valence electrons. The number of nitrogens with zero attached hydrogens (tertiary/aromatic N) is 2. The normalized spacial score (nSPS) is 9.45. The molecule has 6 nitrogen and oxygen atoms in total. The van der Waals surface area contributed by atoms with Crippen LogP contribution in [0, 0.1) is 17.0 Å². The summed E-state index contributed by atoms with van der Waals surface area (Å²) in [6, 6.07) is 7.68. The molecule has 2 rings (SSSR count). The zero-order valence-corrected chi connectivity index (χ0v) is 13.0. The molecule has 2 aromatic rings. The SMILES string of the molecule is CC.COC(=O)c1cc(-c2ccc(C)cn2)cc([N+](=O)[O-])c1. The third kappa shape index (κ3) is 4.12. The molecule has 0 atom stereocenters. The number of nitro groups is 1. The van der Waals surface area contributed by atoms with E-state index < -0.39 is 10.9 Å². The van der Waals surface area contributed by atoms with E-state index >= 15 is 0 Å². The molecule has 0 saturated carbocycles. The van der Waals surface area contributed by atoms with Gasteiger partial charge in [-0.1, -0.05) is 19.9 Å². The number of carbonyl (C=O) groups is 1. The van der Waals surface area contributed by atoms with Crippen LogP contribution in [0.15, 0.2) is 36.5 Å². The second kappa shape index (κ2) is 7.87. The predicted octanol–water partition coefficient (Wildman–Crippen LogP) is 3.78. The molecule has 1 aromatic heterocycles. The molecular weight excluding hydrogens is 284 g/mol. The van der Waals surface area contributed by atoms with Crippen LogP contribution >= 0.6 is 0 Å². The molecule has 0 spiro atoms. The van der Waals surface area contributed by atoms with Crippen molar-refractivity contribution in [3.63, 3.8) is 0 Å². The highest BCUT2D eigenvalue weighted by atomic mass is 16.6. The van der Waals surface area contributed by atoms with E-state index in [-0.39, 0.29) is 11.3 Å². The number of aromatic nitrogens is 1. The Kier molecular flexibility index (Phi) is 6.19. The standard InChI is InChI=1S/C14H12N2O4.C2H6/c1-9-3-4-13(15-8-9)10-5-11(14(17)20-2)7-12(6-10)16(18)19;1-2/h3-8H,1-2H3;1-2H3. The van der Waals surface area contributed by atoms with Crippen molar-refractivity contribution in [1.29, 1.82) is 0 Å². The summed E-state index contributed by atoms with van der Waals surface area (Å²) >= 11 is 0. The molecule has 0 saturated heterocycles. The minimum atomic E-state index is -0.623. The van der Waals surface area contributed by atoms with Crippen LogP contribution in [0.3, 0.4) is 0 Å². The minimum absolute atomic E-state index is 0.124. The molecule has 0 aliphatic rings. The lowest BCUT2D eigenvalue weighted by atomic mass is 10.1. The maximum Gasteiger partial charge on any atom is 0.338 e. The first kappa shape index (κ1) is 17.3. The van der Waals surface area contributed by atoms with Crippen LogP contribution in [0.25, 0.3) is 11.3 Å². The fourth-order valence-electron chi connectivity index (χ4n) is 1.74. The second-order valence-corrected chi connectivity index (χ2v) is 4.24. The van der Waals surface area contributed by atoms with Crippen LogP contribution < -0.4 is 0 Å². The van der Waals surface area contributed by atoms with Gasteiger partial charge in [-0.05, 0) is 24.6 Å². The van der Waals surface area contributed by atoms with E-state index in [1.54, 1.807) is 12.3 Å². The molecule has 0 amide bonds. The Morgan fingerprint density at radius 3 is 2.41 bits per heavy atom. The summed E-state index contributed by atoms with van der Waals surface area (Å²) in [5.74, 6) is -0.623. The van der Waals surface area contributed by atoms with Gasteiger partial charge in [0.25, 0.3) is 5.69 Å². The van der Waals surface area contributed by atoms with E-state index in [4.69, 9.17) is 0 Å². The number of hydrogen-bond donors (Lipinski definition) is 0. The summed E-state index contributed by atoms with van der Waals surface area (Å²) in [4.78, 5) is 26.1. The molecule has 1 heterocycles. The number of ether oxygens (including phenoxy) is 1. The molecule has 0 bridgehead atoms. The number of esters is 1. The molecule has 0 unspecified atom stereocenters. The van der Waals surface area contributed by atoms with E-state index in [0.717, 1.165) is 5.56 Å². The maximum atomic E-state index is 11.6. The van der Waals surface area contributed by atoms with Crippen molar-refractivity contribution in [1.82, 2.24) is 4.98 Å². The first-order chi connectivity index (χ1) is 10.5. The molecule has 0 fully saturated rings. The van der Waals surface area contributed by atoms with Crippen molar-refractivity contribution in [3.05, 3.63) is 57.8 Å². The van der Waals surface area contributed by atoms with Crippen LogP contribution in [-0.2, 0) is 4.74 Å². The largest absolute Gasteiger partial charge is 0.465 e. The highest BCUT2D eigenvalue weighted by Gasteiger charge is 2.16. The van der Waals surface area contributed by atoms with Crippen molar-refractivity contribution in [3.8, 4) is 11.3 Å². The number of methoxy groups -OCH3 is 1. The molecule has 1 aromatic carbocycles. The summed E-state index contributed by atoms with van der Waals surface area (Å²) < 4.78 is 4.60. The Morgan fingerprint density at radius 1 is 1.23 bits per heavy atom. The lowest BCUT2D eigenvalue weighted by Crippen LogP contribution is -2.03. The number of benzene rings is 1. The average molecular weight is 302 g/mol. The van der Waals surface area contributed by atoms with Crippen molar-refractivity contribution >= 4 is 11.7 Å². The second-order valence-electron chi connectivity index (χ2n) is 4.24. The molecule has 22 heavy (non-hydrogen) atoms. The Hall–Kier alpha value is -2.76. The zero-order chi connectivity index (χ0) is 16.7. The fourth-order valence-corrected chi connectivity index (χ4v) is 1.74. The number of carbonyl (C=O) groups excluding carboxylic acids is 1. The third-order valence-corrected chi connectivity index (χ3v) is 2.76. The Labute approximate surface area is 128 Å². The summed E-state index contributed by atoms with van der Waals surface area (Å²) in [6.45, 7) is 5.89. The van der Waals surface area contributed by atoms with Crippen molar-refractivity contribution in [2.24, 2.45) is 0 Å². The number of non-ortho nitro benzene ring substituents is 1. The van der Waals surface area contributed by atoms with Gasteiger partial charge in [0.05, 0.1) is 23.3 Å². The van der Waals surface area contributed by atoms with Gasteiger partial charge in [0.1, 0.15) is 0 Å². The summed E-state index contributed by atoms with van der Waals surface area (Å²) in [6.07, 6.45) is 1.66. The van der Waals surface area contributed by atoms with Gasteiger partial charge in [-0.2, -0.15) is 0 Å². The fraction of sp³-hybridized carbons (Fsp3) is 0.250. The van der Waals surface area contributed by atoms with Gasteiger partial charge < -0.3 is 4.74 Å². The first-order valence-corrected chi connectivity index (χ1v) is 6.82. The third-order valence-electron chi connectivity index (χ3n) is 2.76. The maximum absolute atomic E-state index is 11.6. The molecule has 0 aliphatic carbocycles. The smallest absolute Gasteiger partial charge is 0.338 e. The zero-order valence-electron chi connectivity index (χ0n) is 13.0. The van der Waals surface area contributed by atoms with E-state index in [0.29, 0.717) is 11.3 Å². The number of nitro benzene ring substituents is 1. The molecular formula is C16H18N2O4. The Morgan fingerprint density at radius 2 is 1.91 bits per heavy atom. The van der Waals surface area contributed by atoms with Crippen LogP contribution in [0.2, 0.25) is 0 Å². The number of pyridine rings is 1. The molecule has 0 radical (unpaired) electrons. The van der Waals surface area contributed by atoms with Gasteiger partial charge in [0, 0.05) is 23.9 Å². The highest BCUT2D eigenvalue weighted by molar-refractivity contribution is 5.91. The van der Waals surface area contributed by atoms with Gasteiger partial charge in [0.2, 0.25) is 0 Å². The Bertz CT molecular complexity index is 666. The topological polar surface area (TPSA) is 82.3 Å².